The highest BCUT2D eigenvalue weighted by Gasteiger charge is 2.65. The Labute approximate surface area is 143 Å². The number of ketones is 1. The zero-order valence-corrected chi connectivity index (χ0v) is 13.2. The molecule has 118 valence electrons. The normalized spacial score (nSPS) is 24.4. The molecule has 0 spiro atoms. The van der Waals surface area contributed by atoms with E-state index < -0.39 is 29.0 Å². The lowest BCUT2D eigenvalue weighted by Crippen LogP contribution is -2.41. The van der Waals surface area contributed by atoms with Crippen molar-refractivity contribution in [3.8, 4) is 18.2 Å². The average molecular weight is 339 g/mol. The molecule has 24 heavy (non-hydrogen) atoms. The van der Waals surface area contributed by atoms with Crippen LogP contribution in [0.15, 0.2) is 24.3 Å². The van der Waals surface area contributed by atoms with Gasteiger partial charge in [-0.1, -0.05) is 11.6 Å². The quantitative estimate of drug-likeness (QED) is 0.666. The average Bonchev–Trinajstić information content (AvgIpc) is 2.84. The molecule has 1 aromatic carbocycles. The van der Waals surface area contributed by atoms with Gasteiger partial charge >= 0.3 is 0 Å². The van der Waals surface area contributed by atoms with Gasteiger partial charge in [0, 0.05) is 22.7 Å². The Kier molecular flexibility index (Phi) is 4.51. The van der Waals surface area contributed by atoms with Crippen molar-refractivity contribution < 1.29 is 9.59 Å². The van der Waals surface area contributed by atoms with Gasteiger partial charge in [-0.25, -0.2) is 0 Å². The minimum absolute atomic E-state index is 0.251. The Morgan fingerprint density at radius 1 is 1.25 bits per heavy atom. The van der Waals surface area contributed by atoms with Crippen molar-refractivity contribution in [2.75, 3.05) is 0 Å². The summed E-state index contributed by atoms with van der Waals surface area (Å²) in [6.45, 7) is 0. The van der Waals surface area contributed by atoms with Crippen LogP contribution in [0.2, 0.25) is 5.02 Å². The Morgan fingerprint density at radius 2 is 1.83 bits per heavy atom. The summed E-state index contributed by atoms with van der Waals surface area (Å²) in [6.07, 6.45) is -0.336. The van der Waals surface area contributed by atoms with Crippen LogP contribution in [-0.4, -0.2) is 17.8 Å². The maximum Gasteiger partial charge on any atom is 0.169 e. The van der Waals surface area contributed by atoms with E-state index in [1.807, 2.05) is 6.07 Å². The van der Waals surface area contributed by atoms with E-state index in [9.17, 15) is 25.4 Å². The number of nitrogens with zero attached hydrogens (tertiary/aromatic N) is 3. The summed E-state index contributed by atoms with van der Waals surface area (Å²) in [5.74, 6) is -1.53. The number of halogens is 1. The maximum absolute atomic E-state index is 12.5. The Morgan fingerprint density at radius 3 is 2.29 bits per heavy atom. The number of rotatable bonds is 4. The third-order valence-corrected chi connectivity index (χ3v) is 4.67. The summed E-state index contributed by atoms with van der Waals surface area (Å²) in [5.41, 5.74) is -3.96. The van der Waals surface area contributed by atoms with Crippen molar-refractivity contribution in [1.29, 1.82) is 21.2 Å². The van der Waals surface area contributed by atoms with Crippen molar-refractivity contribution in [1.82, 2.24) is 0 Å². The van der Waals surface area contributed by atoms with E-state index in [1.165, 1.54) is 24.3 Å². The minimum Gasteiger partial charge on any atom is -0.307 e. The molecule has 1 aromatic rings. The van der Waals surface area contributed by atoms with Crippen LogP contribution in [0.25, 0.3) is 0 Å². The van der Waals surface area contributed by atoms with Crippen LogP contribution < -0.4 is 0 Å². The highest BCUT2D eigenvalue weighted by atomic mass is 35.5. The number of Topliss-reactive ketones (excluding diaryl/α,β-unsaturated/α-hetero) is 1. The Balaban J connectivity index is 2.52. The zero-order valence-electron chi connectivity index (χ0n) is 12.4. The zero-order chi connectivity index (χ0) is 18.0. The van der Waals surface area contributed by atoms with Gasteiger partial charge < -0.3 is 10.2 Å². The lowest BCUT2D eigenvalue weighted by atomic mass is 9.64. The molecule has 1 fully saturated rings. The molecule has 0 bridgehead atoms. The molecule has 1 unspecified atom stereocenters. The first-order chi connectivity index (χ1) is 11.4. The molecule has 1 aliphatic rings. The second-order valence-corrected chi connectivity index (χ2v) is 6.05. The molecule has 1 saturated carbocycles. The maximum atomic E-state index is 12.5. The highest BCUT2D eigenvalue weighted by molar-refractivity contribution is 6.30. The smallest absolute Gasteiger partial charge is 0.169 e. The van der Waals surface area contributed by atoms with Crippen LogP contribution in [0, 0.1) is 56.2 Å². The summed E-state index contributed by atoms with van der Waals surface area (Å²) in [5, 5.41) is 37.2. The lowest BCUT2D eigenvalue weighted by Gasteiger charge is -2.29. The van der Waals surface area contributed by atoms with Gasteiger partial charge in [-0.2, -0.15) is 15.8 Å². The highest BCUT2D eigenvalue weighted by Crippen LogP contribution is 2.54. The fraction of sp³-hybridized carbons (Fsp3) is 0.294. The van der Waals surface area contributed by atoms with Crippen LogP contribution in [0.3, 0.4) is 0 Å². The first-order valence-electron chi connectivity index (χ1n) is 6.96. The van der Waals surface area contributed by atoms with E-state index >= 15 is 0 Å². The molecule has 0 aliphatic heterocycles. The van der Waals surface area contributed by atoms with Gasteiger partial charge in [0.05, 0.1) is 24.1 Å². The van der Waals surface area contributed by atoms with Crippen molar-refractivity contribution in [3.63, 3.8) is 0 Å². The van der Waals surface area contributed by atoms with Gasteiger partial charge in [0.1, 0.15) is 11.7 Å². The monoisotopic (exact) mass is 338 g/mol. The lowest BCUT2D eigenvalue weighted by molar-refractivity contribution is -0.109. The summed E-state index contributed by atoms with van der Waals surface area (Å²) < 4.78 is 0. The van der Waals surface area contributed by atoms with Crippen molar-refractivity contribution in [2.45, 2.75) is 12.8 Å². The second-order valence-electron chi connectivity index (χ2n) is 5.61. The van der Waals surface area contributed by atoms with Crippen LogP contribution in [0.4, 0.5) is 0 Å². The summed E-state index contributed by atoms with van der Waals surface area (Å²) >= 11 is 5.77. The molecule has 0 heterocycles. The van der Waals surface area contributed by atoms with Crippen LogP contribution >= 0.6 is 11.6 Å². The topological polar surface area (TPSA) is 129 Å². The van der Waals surface area contributed by atoms with Crippen molar-refractivity contribution in [3.05, 3.63) is 34.9 Å². The molecule has 1 aliphatic carbocycles. The molecule has 0 radical (unpaired) electrons. The number of carbonyl (C=O) groups excluding carboxylic acids is 2. The predicted octanol–water partition coefficient (Wildman–Crippen LogP) is 2.69. The van der Waals surface area contributed by atoms with Crippen LogP contribution in [0.5, 0.6) is 0 Å². The first kappa shape index (κ1) is 17.3. The predicted molar refractivity (Wildman–Crippen MR) is 84.0 cm³/mol. The molecule has 1 N–H and O–H groups in total. The van der Waals surface area contributed by atoms with E-state index in [0.29, 0.717) is 11.3 Å². The number of nitrogens with one attached hydrogen (secondary N) is 1. The standard InChI is InChI=1S/C17H11ClN4O2/c18-13-3-1-11(2-4-13)14(24)6-17(10-21)15(22)12(7-23)5-16(17,8-19)9-20/h1-4,7,12,22H,5-6H2/t12?,17-/m0/s1. The molecule has 0 saturated heterocycles. The first-order valence-corrected chi connectivity index (χ1v) is 7.34. The SMILES string of the molecule is N#CC1(C#N)CC(C=O)C(=N)[C@@]1(C#N)CC(=O)c1ccc(Cl)cc1. The fourth-order valence-electron chi connectivity index (χ4n) is 3.00. The van der Waals surface area contributed by atoms with E-state index in [0.717, 1.165) is 0 Å². The second kappa shape index (κ2) is 6.24. The Bertz CT molecular complexity index is 827. The molecule has 2 atom stereocenters. The largest absolute Gasteiger partial charge is 0.307 e. The van der Waals surface area contributed by atoms with Crippen molar-refractivity contribution >= 4 is 29.4 Å². The van der Waals surface area contributed by atoms with Crippen LogP contribution in [0.1, 0.15) is 23.2 Å². The van der Waals surface area contributed by atoms with Gasteiger partial charge in [0.2, 0.25) is 0 Å². The van der Waals surface area contributed by atoms with Gasteiger partial charge in [-0.3, -0.25) is 4.79 Å². The van der Waals surface area contributed by atoms with Gasteiger partial charge in [-0.05, 0) is 30.7 Å². The summed E-state index contributed by atoms with van der Waals surface area (Å²) in [7, 11) is 0. The van der Waals surface area contributed by atoms with Crippen molar-refractivity contribution in [2.24, 2.45) is 16.7 Å². The molecule has 2 rings (SSSR count). The molecular weight excluding hydrogens is 328 g/mol. The fourth-order valence-corrected chi connectivity index (χ4v) is 3.12. The van der Waals surface area contributed by atoms with Gasteiger partial charge in [-0.15, -0.1) is 0 Å². The van der Waals surface area contributed by atoms with E-state index in [4.69, 9.17) is 17.0 Å². The number of nitriles is 3. The molecule has 0 aromatic heterocycles. The molecule has 6 nitrogen and oxygen atoms in total. The molecule has 7 heteroatoms. The number of hydrogen-bond donors (Lipinski definition) is 1. The van der Waals surface area contributed by atoms with E-state index in [-0.39, 0.29) is 17.7 Å². The minimum atomic E-state index is -1.95. The third-order valence-electron chi connectivity index (χ3n) is 4.41. The van der Waals surface area contributed by atoms with Gasteiger partial charge in [0.15, 0.2) is 11.2 Å². The van der Waals surface area contributed by atoms with E-state index in [1.54, 1.807) is 12.1 Å². The van der Waals surface area contributed by atoms with E-state index in [2.05, 4.69) is 0 Å². The number of aldehydes is 1. The molecule has 0 amide bonds. The van der Waals surface area contributed by atoms with Crippen LogP contribution in [-0.2, 0) is 4.79 Å². The number of carbonyl (C=O) groups is 2. The van der Waals surface area contributed by atoms with Gasteiger partial charge in [0.25, 0.3) is 0 Å². The summed E-state index contributed by atoms with van der Waals surface area (Å²) in [6, 6.07) is 11.3. The number of hydrogen-bond acceptors (Lipinski definition) is 6. The Hall–Kier alpha value is -3.01. The number of benzene rings is 1. The molecular formula is C17H11ClN4O2. The summed E-state index contributed by atoms with van der Waals surface area (Å²) in [4.78, 5) is 23.7. The third kappa shape index (κ3) is 2.36.